The molecule has 1 aliphatic heterocycles. The van der Waals surface area contributed by atoms with E-state index in [9.17, 15) is 13.2 Å². The number of piperidine rings is 1. The highest BCUT2D eigenvalue weighted by atomic mass is 32.2. The first-order valence-electron chi connectivity index (χ1n) is 11.0. The van der Waals surface area contributed by atoms with Crippen LogP contribution in [0.25, 0.3) is 10.9 Å². The van der Waals surface area contributed by atoms with Gasteiger partial charge in [-0.3, -0.25) is 4.79 Å². The van der Waals surface area contributed by atoms with E-state index in [2.05, 4.69) is 10.3 Å². The van der Waals surface area contributed by atoms with Crippen LogP contribution in [0.1, 0.15) is 56.2 Å². The summed E-state index contributed by atoms with van der Waals surface area (Å²) < 4.78 is 28.1. The van der Waals surface area contributed by atoms with Crippen LogP contribution in [0.15, 0.2) is 23.1 Å². The molecule has 0 unspecified atom stereocenters. The molecular formula is C22H29N3O3S. The Labute approximate surface area is 172 Å². The Morgan fingerprint density at radius 1 is 1.03 bits per heavy atom. The number of nitrogens with one attached hydrogen (secondary N) is 2. The largest absolute Gasteiger partial charge is 0.358 e. The van der Waals surface area contributed by atoms with Crippen molar-refractivity contribution in [1.82, 2.24) is 14.6 Å². The number of fused-ring (bicyclic) bond motifs is 3. The molecule has 1 aromatic carbocycles. The molecule has 0 spiro atoms. The molecule has 2 aliphatic carbocycles. The fourth-order valence-electron chi connectivity index (χ4n) is 4.78. The zero-order valence-electron chi connectivity index (χ0n) is 16.7. The average molecular weight is 416 g/mol. The van der Waals surface area contributed by atoms with Gasteiger partial charge in [0.25, 0.3) is 0 Å². The summed E-state index contributed by atoms with van der Waals surface area (Å²) >= 11 is 0. The van der Waals surface area contributed by atoms with Gasteiger partial charge in [-0.1, -0.05) is 6.42 Å². The highest BCUT2D eigenvalue weighted by molar-refractivity contribution is 7.89. The van der Waals surface area contributed by atoms with E-state index in [4.69, 9.17) is 0 Å². The summed E-state index contributed by atoms with van der Waals surface area (Å²) in [6.07, 6.45) is 8.98. The van der Waals surface area contributed by atoms with Crippen molar-refractivity contribution in [1.29, 1.82) is 0 Å². The number of aromatic nitrogens is 1. The first-order chi connectivity index (χ1) is 14.0. The number of rotatable bonds is 4. The number of sulfonamides is 1. The molecule has 3 aliphatic rings. The van der Waals surface area contributed by atoms with E-state index in [1.807, 2.05) is 12.1 Å². The normalized spacial score (nSPS) is 21.7. The Balaban J connectivity index is 1.35. The van der Waals surface area contributed by atoms with Crippen molar-refractivity contribution in [2.75, 3.05) is 13.1 Å². The van der Waals surface area contributed by atoms with Gasteiger partial charge in [-0.15, -0.1) is 0 Å². The van der Waals surface area contributed by atoms with Crippen LogP contribution in [0.5, 0.6) is 0 Å². The molecule has 1 amide bonds. The van der Waals surface area contributed by atoms with Crippen LogP contribution in [0.4, 0.5) is 0 Å². The third kappa shape index (κ3) is 3.70. The van der Waals surface area contributed by atoms with Crippen LogP contribution in [-0.2, 0) is 27.7 Å². The number of carbonyl (C=O) groups excluding carboxylic acids is 1. The minimum absolute atomic E-state index is 0.0648. The zero-order chi connectivity index (χ0) is 20.0. The van der Waals surface area contributed by atoms with Gasteiger partial charge in [0.05, 0.1) is 4.90 Å². The average Bonchev–Trinajstić information content (AvgIpc) is 3.51. The maximum Gasteiger partial charge on any atom is 0.243 e. The smallest absolute Gasteiger partial charge is 0.243 e. The number of hydrogen-bond acceptors (Lipinski definition) is 3. The van der Waals surface area contributed by atoms with E-state index in [1.54, 1.807) is 10.4 Å². The summed E-state index contributed by atoms with van der Waals surface area (Å²) in [4.78, 5) is 16.1. The van der Waals surface area contributed by atoms with Gasteiger partial charge in [-0.2, -0.15) is 4.31 Å². The molecule has 0 atom stereocenters. The van der Waals surface area contributed by atoms with Gasteiger partial charge in [0.1, 0.15) is 0 Å². The topological polar surface area (TPSA) is 82.3 Å². The van der Waals surface area contributed by atoms with Crippen molar-refractivity contribution < 1.29 is 13.2 Å². The molecule has 1 saturated carbocycles. The van der Waals surface area contributed by atoms with Gasteiger partial charge in [-0.25, -0.2) is 8.42 Å². The van der Waals surface area contributed by atoms with Crippen molar-refractivity contribution in [3.8, 4) is 0 Å². The van der Waals surface area contributed by atoms with Crippen LogP contribution in [0.3, 0.4) is 0 Å². The number of carbonyl (C=O) groups is 1. The summed E-state index contributed by atoms with van der Waals surface area (Å²) in [5.41, 5.74) is 3.60. The Kier molecular flexibility index (Phi) is 4.90. The van der Waals surface area contributed by atoms with Crippen LogP contribution in [-0.4, -0.2) is 42.7 Å². The van der Waals surface area contributed by atoms with Crippen molar-refractivity contribution >= 4 is 26.8 Å². The van der Waals surface area contributed by atoms with Gasteiger partial charge in [-0.05, 0) is 75.1 Å². The molecule has 2 aromatic rings. The van der Waals surface area contributed by atoms with Crippen molar-refractivity contribution in [3.63, 3.8) is 0 Å². The standard InChI is InChI=1S/C22H29N3O3S/c26-22(23-16-6-7-16)15-10-12-25(13-11-15)29(27,28)17-8-9-21-19(14-17)18-4-2-1-3-5-20(18)24-21/h8-9,14-16,24H,1-7,10-13H2,(H,23,26). The summed E-state index contributed by atoms with van der Waals surface area (Å²) in [5.74, 6) is 0.0333. The monoisotopic (exact) mass is 415 g/mol. The molecule has 2 fully saturated rings. The zero-order valence-corrected chi connectivity index (χ0v) is 17.6. The number of amides is 1. The third-order valence-electron chi connectivity index (χ3n) is 6.71. The Morgan fingerprint density at radius 3 is 2.55 bits per heavy atom. The van der Waals surface area contributed by atoms with E-state index in [1.165, 1.54) is 24.1 Å². The van der Waals surface area contributed by atoms with E-state index < -0.39 is 10.0 Å². The molecule has 0 bridgehead atoms. The maximum atomic E-state index is 13.3. The first-order valence-corrected chi connectivity index (χ1v) is 12.4. The molecule has 1 saturated heterocycles. The fraction of sp³-hybridized carbons (Fsp3) is 0.591. The van der Waals surface area contributed by atoms with Gasteiger partial charge in [0.2, 0.25) is 15.9 Å². The summed E-state index contributed by atoms with van der Waals surface area (Å²) in [5, 5.41) is 4.11. The van der Waals surface area contributed by atoms with E-state index in [0.717, 1.165) is 43.0 Å². The molecule has 2 heterocycles. The third-order valence-corrected chi connectivity index (χ3v) is 8.60. The minimum Gasteiger partial charge on any atom is -0.358 e. The van der Waals surface area contributed by atoms with Crippen LogP contribution < -0.4 is 5.32 Å². The van der Waals surface area contributed by atoms with Gasteiger partial charge < -0.3 is 10.3 Å². The number of hydrogen-bond donors (Lipinski definition) is 2. The van der Waals surface area contributed by atoms with E-state index in [-0.39, 0.29) is 11.8 Å². The Bertz CT molecular complexity index is 1030. The minimum atomic E-state index is -3.54. The Morgan fingerprint density at radius 2 is 1.79 bits per heavy atom. The molecule has 7 heteroatoms. The van der Waals surface area contributed by atoms with Gasteiger partial charge >= 0.3 is 0 Å². The lowest BCUT2D eigenvalue weighted by atomic mass is 9.97. The van der Waals surface area contributed by atoms with Crippen LogP contribution in [0, 0.1) is 5.92 Å². The van der Waals surface area contributed by atoms with Crippen LogP contribution >= 0.6 is 0 Å². The first kappa shape index (κ1) is 19.1. The molecule has 5 rings (SSSR count). The quantitative estimate of drug-likeness (QED) is 0.753. The summed E-state index contributed by atoms with van der Waals surface area (Å²) in [7, 11) is -3.54. The lowest BCUT2D eigenvalue weighted by molar-refractivity contribution is -0.126. The lowest BCUT2D eigenvalue weighted by Crippen LogP contribution is -2.43. The van der Waals surface area contributed by atoms with Gasteiger partial charge in [0.15, 0.2) is 0 Å². The van der Waals surface area contributed by atoms with E-state index >= 15 is 0 Å². The predicted molar refractivity (Wildman–Crippen MR) is 112 cm³/mol. The number of aryl methyl sites for hydroxylation is 2. The second-order valence-corrected chi connectivity index (χ2v) is 10.7. The second kappa shape index (κ2) is 7.43. The molecule has 156 valence electrons. The summed E-state index contributed by atoms with van der Waals surface area (Å²) in [6.45, 7) is 0.822. The van der Waals surface area contributed by atoms with Crippen molar-refractivity contribution in [3.05, 3.63) is 29.5 Å². The Hall–Kier alpha value is -1.86. The van der Waals surface area contributed by atoms with Crippen molar-refractivity contribution in [2.45, 2.75) is 68.7 Å². The number of nitrogens with zero attached hydrogens (tertiary/aromatic N) is 1. The van der Waals surface area contributed by atoms with Crippen LogP contribution in [0.2, 0.25) is 0 Å². The molecule has 29 heavy (non-hydrogen) atoms. The number of aromatic amines is 1. The molecule has 1 aromatic heterocycles. The molecule has 0 radical (unpaired) electrons. The highest BCUT2D eigenvalue weighted by Gasteiger charge is 2.34. The molecule has 2 N–H and O–H groups in total. The highest BCUT2D eigenvalue weighted by Crippen LogP contribution is 2.32. The maximum absolute atomic E-state index is 13.3. The summed E-state index contributed by atoms with van der Waals surface area (Å²) in [6, 6.07) is 5.84. The number of H-pyrrole nitrogens is 1. The SMILES string of the molecule is O=C(NC1CC1)C1CCN(S(=O)(=O)c2ccc3[nH]c4c(c3c2)CCCCC4)CC1. The fourth-order valence-corrected chi connectivity index (χ4v) is 6.27. The lowest BCUT2D eigenvalue weighted by Gasteiger charge is -2.30. The van der Waals surface area contributed by atoms with Gasteiger partial charge in [0, 0.05) is 41.6 Å². The number of benzene rings is 1. The van der Waals surface area contributed by atoms with E-state index in [0.29, 0.717) is 36.9 Å². The second-order valence-electron chi connectivity index (χ2n) is 8.81. The molecule has 6 nitrogen and oxygen atoms in total. The van der Waals surface area contributed by atoms with Crippen molar-refractivity contribution in [2.24, 2.45) is 5.92 Å². The molecular weight excluding hydrogens is 386 g/mol. The predicted octanol–water partition coefficient (Wildman–Crippen LogP) is 3.12.